The number of hydrogen-bond acceptors (Lipinski definition) is 4. The number of carbonyl (C=O) groups excluding carboxylic acids is 1. The number of ether oxygens (including phenoxy) is 1. The lowest BCUT2D eigenvalue weighted by Crippen LogP contribution is -2.46. The van der Waals surface area contributed by atoms with Gasteiger partial charge in [-0.05, 0) is 6.07 Å². The number of nitrogens with zero attached hydrogens (tertiary/aromatic N) is 1. The molecule has 2 aliphatic heterocycles. The Kier molecular flexibility index (Phi) is 5.63. The van der Waals surface area contributed by atoms with Crippen LogP contribution in [0.3, 0.4) is 0 Å². The fourth-order valence-electron chi connectivity index (χ4n) is 2.89. The average molecular weight is 341 g/mol. The molecule has 0 radical (unpaired) electrons. The minimum absolute atomic E-state index is 0.125. The summed E-state index contributed by atoms with van der Waals surface area (Å²) in [7, 11) is 0. The molecule has 2 saturated heterocycles. The number of carbonyl (C=O) groups is 1. The lowest BCUT2D eigenvalue weighted by atomic mass is 10.1. The first-order chi connectivity index (χ1) is 10.7. The van der Waals surface area contributed by atoms with Crippen LogP contribution in [0.25, 0.3) is 0 Å². The molecule has 0 bridgehead atoms. The largest absolute Gasteiger partial charge is 0.370 e. The van der Waals surface area contributed by atoms with E-state index in [-0.39, 0.29) is 12.0 Å². The molecule has 2 heterocycles. The van der Waals surface area contributed by atoms with Crippen molar-refractivity contribution in [2.45, 2.75) is 18.6 Å². The summed E-state index contributed by atoms with van der Waals surface area (Å²) in [6.07, 6.45) is 0.447. The second kappa shape index (κ2) is 7.68. The Hall–Kier alpha value is -0.750. The van der Waals surface area contributed by atoms with E-state index in [0.29, 0.717) is 37.2 Å². The third-order valence-electron chi connectivity index (χ3n) is 4.09. The average Bonchev–Trinajstić information content (AvgIpc) is 2.56. The fraction of sp³-hybridized carbons (Fsp3) is 0.562. The van der Waals surface area contributed by atoms with Gasteiger partial charge in [0.25, 0.3) is 0 Å². The molecule has 4 nitrogen and oxygen atoms in total. The highest BCUT2D eigenvalue weighted by atomic mass is 35.5. The number of amides is 1. The van der Waals surface area contributed by atoms with Crippen molar-refractivity contribution in [1.82, 2.24) is 10.2 Å². The monoisotopic (exact) mass is 340 g/mol. The summed E-state index contributed by atoms with van der Waals surface area (Å²) in [5.74, 6) is 2.36. The molecule has 0 aliphatic carbocycles. The van der Waals surface area contributed by atoms with E-state index in [1.54, 1.807) is 0 Å². The van der Waals surface area contributed by atoms with Crippen LogP contribution in [-0.4, -0.2) is 54.6 Å². The zero-order chi connectivity index (χ0) is 15.4. The molecule has 0 saturated carbocycles. The Balaban J connectivity index is 1.60. The second-order valence-corrected chi connectivity index (χ2v) is 7.21. The highest BCUT2D eigenvalue weighted by Gasteiger charge is 2.28. The number of thioether (sulfide) groups is 1. The molecular formula is C16H21ClN2O2S. The summed E-state index contributed by atoms with van der Waals surface area (Å²) in [4.78, 5) is 14.4. The van der Waals surface area contributed by atoms with E-state index in [1.165, 1.54) is 0 Å². The van der Waals surface area contributed by atoms with E-state index in [2.05, 4.69) is 5.32 Å². The van der Waals surface area contributed by atoms with Gasteiger partial charge in [-0.1, -0.05) is 29.8 Å². The third-order valence-corrected chi connectivity index (χ3v) is 5.57. The predicted octanol–water partition coefficient (Wildman–Crippen LogP) is 2.33. The first-order valence-electron chi connectivity index (χ1n) is 7.69. The van der Waals surface area contributed by atoms with Crippen molar-refractivity contribution in [3.63, 3.8) is 0 Å². The van der Waals surface area contributed by atoms with Crippen molar-refractivity contribution < 1.29 is 9.53 Å². The van der Waals surface area contributed by atoms with E-state index >= 15 is 0 Å². The van der Waals surface area contributed by atoms with Crippen molar-refractivity contribution in [2.75, 3.05) is 37.7 Å². The predicted molar refractivity (Wildman–Crippen MR) is 90.5 cm³/mol. The first-order valence-corrected chi connectivity index (χ1v) is 9.22. The van der Waals surface area contributed by atoms with Crippen LogP contribution in [0.15, 0.2) is 24.3 Å². The maximum atomic E-state index is 12.5. The van der Waals surface area contributed by atoms with Gasteiger partial charge in [0, 0.05) is 47.6 Å². The van der Waals surface area contributed by atoms with Gasteiger partial charge < -0.3 is 15.0 Å². The molecule has 0 aromatic heterocycles. The van der Waals surface area contributed by atoms with Crippen molar-refractivity contribution in [1.29, 1.82) is 0 Å². The molecular weight excluding hydrogens is 320 g/mol. The molecule has 1 aromatic rings. The normalized spacial score (nSPS) is 26.0. The third kappa shape index (κ3) is 3.96. The van der Waals surface area contributed by atoms with Gasteiger partial charge >= 0.3 is 0 Å². The van der Waals surface area contributed by atoms with Gasteiger partial charge in [-0.2, -0.15) is 11.8 Å². The van der Waals surface area contributed by atoms with E-state index < -0.39 is 0 Å². The van der Waals surface area contributed by atoms with Crippen LogP contribution in [0.1, 0.15) is 18.1 Å². The second-order valence-electron chi connectivity index (χ2n) is 5.65. The first kappa shape index (κ1) is 16.1. The Morgan fingerprint density at radius 1 is 1.45 bits per heavy atom. The Bertz CT molecular complexity index is 523. The number of nitrogens with one attached hydrogen (secondary N) is 1. The molecule has 1 aromatic carbocycles. The molecule has 2 aliphatic rings. The van der Waals surface area contributed by atoms with Crippen molar-refractivity contribution in [2.24, 2.45) is 0 Å². The molecule has 2 unspecified atom stereocenters. The fourth-order valence-corrected chi connectivity index (χ4v) is 4.10. The van der Waals surface area contributed by atoms with Crippen LogP contribution in [0, 0.1) is 0 Å². The summed E-state index contributed by atoms with van der Waals surface area (Å²) < 4.78 is 5.82. The molecule has 22 heavy (non-hydrogen) atoms. The quantitative estimate of drug-likeness (QED) is 0.917. The lowest BCUT2D eigenvalue weighted by Gasteiger charge is -2.34. The standard InChI is InChI=1S/C16H21ClN2O2S/c17-14-4-2-1-3-13(14)15-10-19(6-7-21-15)16(20)9-12-11-22-8-5-18-12/h1-4,12,15,18H,5-11H2. The van der Waals surface area contributed by atoms with Crippen molar-refractivity contribution in [3.05, 3.63) is 34.9 Å². The van der Waals surface area contributed by atoms with Crippen LogP contribution in [-0.2, 0) is 9.53 Å². The molecule has 2 fully saturated rings. The van der Waals surface area contributed by atoms with Gasteiger partial charge in [-0.25, -0.2) is 0 Å². The summed E-state index contributed by atoms with van der Waals surface area (Å²) in [5.41, 5.74) is 0.966. The Morgan fingerprint density at radius 2 is 2.32 bits per heavy atom. The van der Waals surface area contributed by atoms with Gasteiger partial charge in [0.15, 0.2) is 0 Å². The zero-order valence-electron chi connectivity index (χ0n) is 12.5. The number of benzene rings is 1. The summed E-state index contributed by atoms with van der Waals surface area (Å²) in [6, 6.07) is 8.00. The Labute approximate surface area is 140 Å². The van der Waals surface area contributed by atoms with E-state index in [1.807, 2.05) is 40.9 Å². The molecule has 2 atom stereocenters. The summed E-state index contributed by atoms with van der Waals surface area (Å²) in [5, 5.41) is 4.12. The van der Waals surface area contributed by atoms with Crippen molar-refractivity contribution in [3.8, 4) is 0 Å². The minimum Gasteiger partial charge on any atom is -0.370 e. The van der Waals surface area contributed by atoms with Crippen LogP contribution >= 0.6 is 23.4 Å². The van der Waals surface area contributed by atoms with Gasteiger partial charge in [0.1, 0.15) is 6.10 Å². The van der Waals surface area contributed by atoms with Crippen LogP contribution in [0.4, 0.5) is 0 Å². The zero-order valence-corrected chi connectivity index (χ0v) is 14.0. The summed E-state index contributed by atoms with van der Waals surface area (Å²) in [6.45, 7) is 2.81. The van der Waals surface area contributed by atoms with Gasteiger partial charge in [0.2, 0.25) is 5.91 Å². The molecule has 120 valence electrons. The SMILES string of the molecule is O=C(CC1CSCCN1)N1CCOC(c2ccccc2Cl)C1. The van der Waals surface area contributed by atoms with Gasteiger partial charge in [-0.3, -0.25) is 4.79 Å². The number of hydrogen-bond donors (Lipinski definition) is 1. The highest BCUT2D eigenvalue weighted by Crippen LogP contribution is 2.28. The molecule has 0 spiro atoms. The smallest absolute Gasteiger partial charge is 0.224 e. The summed E-state index contributed by atoms with van der Waals surface area (Å²) >= 11 is 8.16. The van der Waals surface area contributed by atoms with E-state index in [4.69, 9.17) is 16.3 Å². The molecule has 1 N–H and O–H groups in total. The molecule has 1 amide bonds. The number of halogens is 1. The Morgan fingerprint density at radius 3 is 3.09 bits per heavy atom. The van der Waals surface area contributed by atoms with Gasteiger partial charge in [-0.15, -0.1) is 0 Å². The van der Waals surface area contributed by atoms with Crippen LogP contribution in [0.2, 0.25) is 5.02 Å². The van der Waals surface area contributed by atoms with E-state index in [0.717, 1.165) is 23.6 Å². The lowest BCUT2D eigenvalue weighted by molar-refractivity contribution is -0.139. The maximum Gasteiger partial charge on any atom is 0.224 e. The van der Waals surface area contributed by atoms with Crippen LogP contribution in [0.5, 0.6) is 0 Å². The topological polar surface area (TPSA) is 41.6 Å². The number of rotatable bonds is 3. The van der Waals surface area contributed by atoms with Crippen LogP contribution < -0.4 is 5.32 Å². The minimum atomic E-state index is -0.125. The van der Waals surface area contributed by atoms with Crippen molar-refractivity contribution >= 4 is 29.3 Å². The van der Waals surface area contributed by atoms with Gasteiger partial charge in [0.05, 0.1) is 13.2 Å². The maximum absolute atomic E-state index is 12.5. The van der Waals surface area contributed by atoms with E-state index in [9.17, 15) is 4.79 Å². The molecule has 3 rings (SSSR count). The molecule has 6 heteroatoms. The number of morpholine rings is 1. The highest BCUT2D eigenvalue weighted by molar-refractivity contribution is 7.99.